The summed E-state index contributed by atoms with van der Waals surface area (Å²) in [5.41, 5.74) is 5.64. The molecule has 0 radical (unpaired) electrons. The lowest BCUT2D eigenvalue weighted by Crippen LogP contribution is -2.41. The summed E-state index contributed by atoms with van der Waals surface area (Å²) < 4.78 is 0. The summed E-state index contributed by atoms with van der Waals surface area (Å²) in [6.07, 6.45) is 0.633. The molecule has 6 nitrogen and oxygen atoms in total. The van der Waals surface area contributed by atoms with Gasteiger partial charge in [0.05, 0.1) is 0 Å². The van der Waals surface area contributed by atoms with Crippen LogP contribution in [-0.2, 0) is 4.79 Å². The maximum absolute atomic E-state index is 12.4. The van der Waals surface area contributed by atoms with Crippen LogP contribution in [0.1, 0.15) is 41.0 Å². The van der Waals surface area contributed by atoms with Crippen LogP contribution in [-0.4, -0.2) is 40.4 Å². The average Bonchev–Trinajstić information content (AvgIpc) is 2.43. The van der Waals surface area contributed by atoms with E-state index in [9.17, 15) is 14.4 Å². The molecule has 1 atom stereocenters. The van der Waals surface area contributed by atoms with Crippen LogP contribution in [0.4, 0.5) is 0 Å². The topological polar surface area (TPSA) is 101 Å². The first-order chi connectivity index (χ1) is 9.36. The van der Waals surface area contributed by atoms with E-state index in [0.29, 0.717) is 6.42 Å². The Labute approximate surface area is 117 Å². The first kappa shape index (κ1) is 15.7. The molecule has 1 aromatic carbocycles. The van der Waals surface area contributed by atoms with Gasteiger partial charge in [0.2, 0.25) is 5.91 Å². The second-order valence-electron chi connectivity index (χ2n) is 4.53. The van der Waals surface area contributed by atoms with Gasteiger partial charge in [-0.2, -0.15) is 0 Å². The number of carbonyl (C=O) groups excluding carboxylic acids is 2. The molecule has 1 rings (SSSR count). The number of benzene rings is 1. The van der Waals surface area contributed by atoms with Crippen molar-refractivity contribution in [1.82, 2.24) is 4.90 Å². The number of carbonyl (C=O) groups is 3. The highest BCUT2D eigenvalue weighted by molar-refractivity contribution is 6.00. The van der Waals surface area contributed by atoms with Crippen LogP contribution in [0.2, 0.25) is 0 Å². The molecule has 108 valence electrons. The fraction of sp³-hybridized carbons (Fsp3) is 0.357. The minimum Gasteiger partial charge on any atom is -0.480 e. The number of aliphatic carboxylic acids is 1. The zero-order valence-corrected chi connectivity index (χ0v) is 11.5. The number of hydrogen-bond acceptors (Lipinski definition) is 3. The Bertz CT molecular complexity index is 528. The van der Waals surface area contributed by atoms with Crippen molar-refractivity contribution in [3.8, 4) is 0 Å². The van der Waals surface area contributed by atoms with Gasteiger partial charge in [-0.25, -0.2) is 0 Å². The van der Waals surface area contributed by atoms with Crippen LogP contribution >= 0.6 is 0 Å². The SMILES string of the molecule is CCC(C)N(CC(=O)O)C(=O)c1cccc(C(N)=O)c1. The fourth-order valence-electron chi connectivity index (χ4n) is 1.77. The van der Waals surface area contributed by atoms with Gasteiger partial charge >= 0.3 is 5.97 Å². The number of hydrogen-bond donors (Lipinski definition) is 2. The van der Waals surface area contributed by atoms with E-state index in [1.165, 1.54) is 23.1 Å². The molecule has 0 saturated heterocycles. The van der Waals surface area contributed by atoms with E-state index >= 15 is 0 Å². The van der Waals surface area contributed by atoms with Gasteiger partial charge in [0.15, 0.2) is 0 Å². The second kappa shape index (κ2) is 6.70. The Hall–Kier alpha value is -2.37. The lowest BCUT2D eigenvalue weighted by atomic mass is 10.1. The highest BCUT2D eigenvalue weighted by Gasteiger charge is 2.23. The number of rotatable bonds is 6. The summed E-state index contributed by atoms with van der Waals surface area (Å²) in [5, 5.41) is 8.90. The standard InChI is InChI=1S/C14H18N2O4/c1-3-9(2)16(8-12(17)18)14(20)11-6-4-5-10(7-11)13(15)19/h4-7,9H,3,8H2,1-2H3,(H2,15,19)(H,17,18). The molecular weight excluding hydrogens is 260 g/mol. The number of amides is 2. The summed E-state index contributed by atoms with van der Waals surface area (Å²) in [6.45, 7) is 3.26. The van der Waals surface area contributed by atoms with Crippen molar-refractivity contribution in [2.24, 2.45) is 5.73 Å². The molecule has 0 spiro atoms. The summed E-state index contributed by atoms with van der Waals surface area (Å²) in [6, 6.07) is 5.75. The Morgan fingerprint density at radius 2 is 1.90 bits per heavy atom. The van der Waals surface area contributed by atoms with Gasteiger partial charge in [-0.1, -0.05) is 13.0 Å². The second-order valence-corrected chi connectivity index (χ2v) is 4.53. The number of carboxylic acid groups (broad SMARTS) is 1. The largest absolute Gasteiger partial charge is 0.480 e. The molecule has 3 N–H and O–H groups in total. The maximum Gasteiger partial charge on any atom is 0.323 e. The molecule has 0 bridgehead atoms. The van der Waals surface area contributed by atoms with E-state index in [4.69, 9.17) is 10.8 Å². The van der Waals surface area contributed by atoms with Gasteiger partial charge in [-0.05, 0) is 31.5 Å². The minimum atomic E-state index is -1.08. The number of carboxylic acids is 1. The van der Waals surface area contributed by atoms with E-state index in [1.54, 1.807) is 13.0 Å². The van der Waals surface area contributed by atoms with Crippen molar-refractivity contribution < 1.29 is 19.5 Å². The lowest BCUT2D eigenvalue weighted by molar-refractivity contribution is -0.138. The molecular formula is C14H18N2O4. The predicted octanol–water partition coefficient (Wildman–Crippen LogP) is 1.11. The molecule has 0 aliphatic carbocycles. The predicted molar refractivity (Wildman–Crippen MR) is 73.4 cm³/mol. The van der Waals surface area contributed by atoms with Crippen LogP contribution < -0.4 is 5.73 Å². The van der Waals surface area contributed by atoms with Gasteiger partial charge in [0, 0.05) is 17.2 Å². The minimum absolute atomic E-state index is 0.212. The summed E-state index contributed by atoms with van der Waals surface area (Å²) in [4.78, 5) is 35.6. The molecule has 0 fully saturated rings. The van der Waals surface area contributed by atoms with Crippen molar-refractivity contribution in [3.05, 3.63) is 35.4 Å². The van der Waals surface area contributed by atoms with E-state index in [2.05, 4.69) is 0 Å². The first-order valence-electron chi connectivity index (χ1n) is 6.29. The van der Waals surface area contributed by atoms with Crippen molar-refractivity contribution >= 4 is 17.8 Å². The monoisotopic (exact) mass is 278 g/mol. The Morgan fingerprint density at radius 3 is 2.40 bits per heavy atom. The molecule has 0 aliphatic rings. The van der Waals surface area contributed by atoms with Crippen LogP contribution in [0, 0.1) is 0 Å². The first-order valence-corrected chi connectivity index (χ1v) is 6.29. The van der Waals surface area contributed by atoms with Crippen LogP contribution in [0.15, 0.2) is 24.3 Å². The Balaban J connectivity index is 3.08. The summed E-state index contributed by atoms with van der Waals surface area (Å²) in [5.74, 6) is -2.14. The summed E-state index contributed by atoms with van der Waals surface area (Å²) in [7, 11) is 0. The Kier molecular flexibility index (Phi) is 5.25. The van der Waals surface area contributed by atoms with Gasteiger partial charge in [-0.15, -0.1) is 0 Å². The van der Waals surface area contributed by atoms with Crippen molar-refractivity contribution in [2.45, 2.75) is 26.3 Å². The smallest absolute Gasteiger partial charge is 0.323 e. The third kappa shape index (κ3) is 3.81. The van der Waals surface area contributed by atoms with Crippen molar-refractivity contribution in [2.75, 3.05) is 6.54 Å². The molecule has 0 saturated carbocycles. The maximum atomic E-state index is 12.4. The van der Waals surface area contributed by atoms with Crippen LogP contribution in [0.3, 0.4) is 0 Å². The molecule has 2 amide bonds. The molecule has 20 heavy (non-hydrogen) atoms. The van der Waals surface area contributed by atoms with Crippen LogP contribution in [0.5, 0.6) is 0 Å². The quantitative estimate of drug-likeness (QED) is 0.813. The number of primary amides is 1. The number of nitrogens with zero attached hydrogens (tertiary/aromatic N) is 1. The molecule has 1 unspecified atom stereocenters. The number of nitrogens with two attached hydrogens (primary N) is 1. The van der Waals surface area contributed by atoms with E-state index in [1.807, 2.05) is 6.92 Å². The van der Waals surface area contributed by atoms with Crippen molar-refractivity contribution in [1.29, 1.82) is 0 Å². The molecule has 0 heterocycles. The third-order valence-corrected chi connectivity index (χ3v) is 3.08. The van der Waals surface area contributed by atoms with E-state index in [0.717, 1.165) is 0 Å². The van der Waals surface area contributed by atoms with Crippen LogP contribution in [0.25, 0.3) is 0 Å². The van der Waals surface area contributed by atoms with Gasteiger partial charge in [0.1, 0.15) is 6.54 Å². The molecule has 1 aromatic rings. The highest BCUT2D eigenvalue weighted by Crippen LogP contribution is 2.12. The van der Waals surface area contributed by atoms with Gasteiger partial charge < -0.3 is 15.7 Å². The fourth-order valence-corrected chi connectivity index (χ4v) is 1.77. The van der Waals surface area contributed by atoms with Crippen molar-refractivity contribution in [3.63, 3.8) is 0 Å². The zero-order chi connectivity index (χ0) is 15.3. The van der Waals surface area contributed by atoms with E-state index in [-0.39, 0.29) is 23.7 Å². The lowest BCUT2D eigenvalue weighted by Gasteiger charge is -2.27. The van der Waals surface area contributed by atoms with Gasteiger partial charge in [0.25, 0.3) is 5.91 Å². The normalized spacial score (nSPS) is 11.7. The average molecular weight is 278 g/mol. The molecule has 0 aromatic heterocycles. The third-order valence-electron chi connectivity index (χ3n) is 3.08. The van der Waals surface area contributed by atoms with E-state index < -0.39 is 17.8 Å². The summed E-state index contributed by atoms with van der Waals surface area (Å²) >= 11 is 0. The highest BCUT2D eigenvalue weighted by atomic mass is 16.4. The molecule has 6 heteroatoms. The zero-order valence-electron chi connectivity index (χ0n) is 11.5. The Morgan fingerprint density at radius 1 is 1.30 bits per heavy atom. The molecule has 0 aliphatic heterocycles. The van der Waals surface area contributed by atoms with Gasteiger partial charge in [-0.3, -0.25) is 14.4 Å².